The highest BCUT2D eigenvalue weighted by Crippen LogP contribution is 2.22. The van der Waals surface area contributed by atoms with Crippen molar-refractivity contribution in [3.8, 4) is 0 Å². The molecule has 1 aromatic rings. The normalized spacial score (nSPS) is 25.3. The fourth-order valence-electron chi connectivity index (χ4n) is 5.05. The van der Waals surface area contributed by atoms with Gasteiger partial charge < -0.3 is 14.6 Å². The van der Waals surface area contributed by atoms with Crippen molar-refractivity contribution in [1.29, 1.82) is 0 Å². The van der Waals surface area contributed by atoms with E-state index in [-0.39, 0.29) is 0 Å². The van der Waals surface area contributed by atoms with Crippen LogP contribution in [0.3, 0.4) is 0 Å². The first-order valence-electron chi connectivity index (χ1n) is 11.5. The summed E-state index contributed by atoms with van der Waals surface area (Å²) in [6.45, 7) is 12.9. The quantitative estimate of drug-likeness (QED) is 0.602. The van der Waals surface area contributed by atoms with Gasteiger partial charge in [-0.2, -0.15) is 0 Å². The molecule has 0 radical (unpaired) electrons. The van der Waals surface area contributed by atoms with E-state index in [1.807, 2.05) is 20.9 Å². The topological polar surface area (TPSA) is 60.1 Å². The molecule has 1 aromatic heterocycles. The van der Waals surface area contributed by atoms with E-state index in [1.54, 1.807) is 0 Å². The van der Waals surface area contributed by atoms with Crippen molar-refractivity contribution < 1.29 is 4.42 Å². The molecule has 0 aliphatic carbocycles. The maximum absolute atomic E-state index is 5.75. The SMILES string of the molecule is CN=C(NCC1CCN(Cc2nc(C)c(C)o2)CC1)N1CCC(N2CCCC2)C1. The molecule has 1 N–H and O–H groups in total. The lowest BCUT2D eigenvalue weighted by Crippen LogP contribution is -2.45. The van der Waals surface area contributed by atoms with Crippen molar-refractivity contribution in [2.24, 2.45) is 10.9 Å². The van der Waals surface area contributed by atoms with Crippen molar-refractivity contribution in [2.45, 2.75) is 58.5 Å². The van der Waals surface area contributed by atoms with Crippen molar-refractivity contribution in [2.75, 3.05) is 52.9 Å². The number of nitrogens with zero attached hydrogens (tertiary/aromatic N) is 5. The van der Waals surface area contributed by atoms with Gasteiger partial charge in [0.05, 0.1) is 12.2 Å². The molecule has 4 rings (SSSR count). The molecule has 0 aromatic carbocycles. The second kappa shape index (κ2) is 9.47. The van der Waals surface area contributed by atoms with Crippen molar-refractivity contribution in [3.63, 3.8) is 0 Å². The average molecular weight is 403 g/mol. The van der Waals surface area contributed by atoms with Crippen LogP contribution in [0.25, 0.3) is 0 Å². The summed E-state index contributed by atoms with van der Waals surface area (Å²) >= 11 is 0. The van der Waals surface area contributed by atoms with Gasteiger partial charge in [0, 0.05) is 32.7 Å². The van der Waals surface area contributed by atoms with E-state index in [2.05, 4.69) is 30.0 Å². The molecule has 0 amide bonds. The Morgan fingerprint density at radius 1 is 1.10 bits per heavy atom. The van der Waals surface area contributed by atoms with Crippen molar-refractivity contribution >= 4 is 5.96 Å². The van der Waals surface area contributed by atoms with Crippen LogP contribution in [0.15, 0.2) is 9.41 Å². The van der Waals surface area contributed by atoms with Crippen molar-refractivity contribution in [3.05, 3.63) is 17.3 Å². The maximum atomic E-state index is 5.75. The lowest BCUT2D eigenvalue weighted by Gasteiger charge is -2.32. The fourth-order valence-corrected chi connectivity index (χ4v) is 5.05. The van der Waals surface area contributed by atoms with Gasteiger partial charge in [0.2, 0.25) is 5.89 Å². The smallest absolute Gasteiger partial charge is 0.208 e. The molecule has 1 atom stereocenters. The van der Waals surface area contributed by atoms with Crippen LogP contribution in [0, 0.1) is 19.8 Å². The summed E-state index contributed by atoms with van der Waals surface area (Å²) in [5, 5.41) is 3.68. The molecule has 3 aliphatic rings. The summed E-state index contributed by atoms with van der Waals surface area (Å²) in [5.41, 5.74) is 1.01. The summed E-state index contributed by atoms with van der Waals surface area (Å²) in [5.74, 6) is 3.62. The first-order chi connectivity index (χ1) is 14.1. The van der Waals surface area contributed by atoms with Crippen LogP contribution in [0.4, 0.5) is 0 Å². The van der Waals surface area contributed by atoms with E-state index < -0.39 is 0 Å². The number of oxazole rings is 1. The Morgan fingerprint density at radius 3 is 2.52 bits per heavy atom. The highest BCUT2D eigenvalue weighted by atomic mass is 16.4. The Bertz CT molecular complexity index is 668. The predicted molar refractivity (Wildman–Crippen MR) is 116 cm³/mol. The summed E-state index contributed by atoms with van der Waals surface area (Å²) in [6.07, 6.45) is 6.46. The second-order valence-corrected chi connectivity index (χ2v) is 9.03. The van der Waals surface area contributed by atoms with E-state index >= 15 is 0 Å². The van der Waals surface area contributed by atoms with Gasteiger partial charge in [0.25, 0.3) is 0 Å². The monoisotopic (exact) mass is 402 g/mol. The molecule has 0 bridgehead atoms. The molecule has 0 spiro atoms. The molecular formula is C22H38N6O. The van der Waals surface area contributed by atoms with Crippen LogP contribution in [0.5, 0.6) is 0 Å². The molecule has 3 saturated heterocycles. The summed E-state index contributed by atoms with van der Waals surface area (Å²) in [7, 11) is 1.93. The molecule has 4 heterocycles. The number of piperidine rings is 1. The number of hydrogen-bond donors (Lipinski definition) is 1. The minimum Gasteiger partial charge on any atom is -0.444 e. The molecule has 3 fully saturated rings. The maximum Gasteiger partial charge on any atom is 0.208 e. The number of aromatic nitrogens is 1. The number of nitrogens with one attached hydrogen (secondary N) is 1. The lowest BCUT2D eigenvalue weighted by atomic mass is 9.97. The molecule has 29 heavy (non-hydrogen) atoms. The third-order valence-corrected chi connectivity index (χ3v) is 7.02. The Balaban J connectivity index is 1.18. The average Bonchev–Trinajstić information content (AvgIpc) is 3.46. The molecule has 7 heteroatoms. The summed E-state index contributed by atoms with van der Waals surface area (Å²) < 4.78 is 5.75. The highest BCUT2D eigenvalue weighted by molar-refractivity contribution is 5.80. The van der Waals surface area contributed by atoms with Gasteiger partial charge in [-0.1, -0.05) is 0 Å². The van der Waals surface area contributed by atoms with E-state index in [0.29, 0.717) is 5.92 Å². The number of guanidine groups is 1. The van der Waals surface area contributed by atoms with Crippen LogP contribution in [0.1, 0.15) is 49.4 Å². The minimum absolute atomic E-state index is 0.716. The van der Waals surface area contributed by atoms with Crippen LogP contribution < -0.4 is 5.32 Å². The van der Waals surface area contributed by atoms with E-state index in [1.165, 1.54) is 45.2 Å². The molecular weight excluding hydrogens is 364 g/mol. The van der Waals surface area contributed by atoms with Crippen LogP contribution in [-0.2, 0) is 6.54 Å². The number of likely N-dealkylation sites (tertiary alicyclic amines) is 3. The Morgan fingerprint density at radius 2 is 1.86 bits per heavy atom. The third-order valence-electron chi connectivity index (χ3n) is 7.02. The second-order valence-electron chi connectivity index (χ2n) is 9.03. The Labute approximate surface area is 175 Å². The van der Waals surface area contributed by atoms with Gasteiger partial charge in [-0.3, -0.25) is 14.8 Å². The van der Waals surface area contributed by atoms with Crippen LogP contribution in [-0.4, -0.2) is 84.5 Å². The molecule has 3 aliphatic heterocycles. The van der Waals surface area contributed by atoms with E-state index in [4.69, 9.17) is 4.42 Å². The van der Waals surface area contributed by atoms with E-state index in [0.717, 1.165) is 68.6 Å². The number of rotatable bonds is 5. The van der Waals surface area contributed by atoms with Gasteiger partial charge in [0.15, 0.2) is 5.96 Å². The molecule has 7 nitrogen and oxygen atoms in total. The van der Waals surface area contributed by atoms with Gasteiger partial charge in [0.1, 0.15) is 5.76 Å². The predicted octanol–water partition coefficient (Wildman–Crippen LogP) is 2.25. The largest absolute Gasteiger partial charge is 0.444 e. The fraction of sp³-hybridized carbons (Fsp3) is 0.818. The lowest BCUT2D eigenvalue weighted by molar-refractivity contribution is 0.163. The van der Waals surface area contributed by atoms with Crippen LogP contribution >= 0.6 is 0 Å². The summed E-state index contributed by atoms with van der Waals surface area (Å²) in [4.78, 5) is 16.7. The number of hydrogen-bond acceptors (Lipinski definition) is 5. The zero-order valence-electron chi connectivity index (χ0n) is 18.5. The number of aryl methyl sites for hydroxylation is 2. The van der Waals surface area contributed by atoms with Gasteiger partial charge in [-0.05, 0) is 78.0 Å². The Hall–Kier alpha value is -1.60. The first kappa shape index (κ1) is 20.7. The zero-order chi connectivity index (χ0) is 20.2. The summed E-state index contributed by atoms with van der Waals surface area (Å²) in [6, 6.07) is 0.724. The Kier molecular flexibility index (Phi) is 6.75. The van der Waals surface area contributed by atoms with Gasteiger partial charge in [-0.15, -0.1) is 0 Å². The van der Waals surface area contributed by atoms with Gasteiger partial charge >= 0.3 is 0 Å². The minimum atomic E-state index is 0.716. The van der Waals surface area contributed by atoms with E-state index in [9.17, 15) is 0 Å². The molecule has 162 valence electrons. The number of aliphatic imine (C=N–C) groups is 1. The zero-order valence-corrected chi connectivity index (χ0v) is 18.5. The van der Waals surface area contributed by atoms with Gasteiger partial charge in [-0.25, -0.2) is 4.98 Å². The third kappa shape index (κ3) is 5.12. The standard InChI is InChI=1S/C22H38N6O/c1-17-18(2)29-21(25-17)16-26-11-6-19(7-12-26)14-24-22(23-3)28-13-8-20(15-28)27-9-4-5-10-27/h19-20H,4-16H2,1-3H3,(H,23,24). The highest BCUT2D eigenvalue weighted by Gasteiger charge is 2.31. The molecule has 1 unspecified atom stereocenters. The van der Waals surface area contributed by atoms with Crippen LogP contribution in [0.2, 0.25) is 0 Å². The molecule has 0 saturated carbocycles. The first-order valence-corrected chi connectivity index (χ1v) is 11.5. The van der Waals surface area contributed by atoms with Crippen molar-refractivity contribution in [1.82, 2.24) is 25.0 Å².